The van der Waals surface area contributed by atoms with E-state index >= 15 is 0 Å². The van der Waals surface area contributed by atoms with E-state index in [2.05, 4.69) is 41.4 Å². The van der Waals surface area contributed by atoms with Crippen LogP contribution >= 0.6 is 15.9 Å². The van der Waals surface area contributed by atoms with E-state index in [-0.39, 0.29) is 5.82 Å². The predicted molar refractivity (Wildman–Crippen MR) is 128 cm³/mol. The Morgan fingerprint density at radius 2 is 2.06 bits per heavy atom. The van der Waals surface area contributed by atoms with Gasteiger partial charge >= 0.3 is 0 Å². The molecule has 2 heterocycles. The molecule has 4 rings (SSSR count). The van der Waals surface area contributed by atoms with Gasteiger partial charge < -0.3 is 25.0 Å². The Morgan fingerprint density at radius 3 is 2.91 bits per heavy atom. The number of fused-ring (bicyclic) bond motifs is 1. The van der Waals surface area contributed by atoms with Gasteiger partial charge in [-0.2, -0.15) is 0 Å². The molecule has 3 aromatic rings. The van der Waals surface area contributed by atoms with E-state index in [4.69, 9.17) is 9.47 Å². The van der Waals surface area contributed by atoms with Crippen LogP contribution in [0.25, 0.3) is 10.9 Å². The number of rotatable bonds is 8. The third-order valence-corrected chi connectivity index (χ3v) is 5.91. The van der Waals surface area contributed by atoms with Crippen molar-refractivity contribution < 1.29 is 13.9 Å². The van der Waals surface area contributed by atoms with E-state index in [9.17, 15) is 4.39 Å². The summed E-state index contributed by atoms with van der Waals surface area (Å²) in [6, 6.07) is 8.49. The molecule has 1 aromatic heterocycles. The molecule has 32 heavy (non-hydrogen) atoms. The molecule has 0 aliphatic carbocycles. The number of halogens is 2. The fourth-order valence-corrected chi connectivity index (χ4v) is 4.08. The molecule has 0 atom stereocenters. The Kier molecular flexibility index (Phi) is 7.72. The number of hydrogen-bond donors (Lipinski definition) is 2. The highest BCUT2D eigenvalue weighted by atomic mass is 79.9. The highest BCUT2D eigenvalue weighted by molar-refractivity contribution is 9.10. The molecule has 1 saturated heterocycles. The molecule has 0 amide bonds. The SMILES string of the molecule is COc1cc2c(Nc3ccc(Br)cc3F)ncnc2cc1OCCCN1CCCNCC1. The third kappa shape index (κ3) is 5.65. The summed E-state index contributed by atoms with van der Waals surface area (Å²) in [7, 11) is 1.60. The van der Waals surface area contributed by atoms with Gasteiger partial charge in [0, 0.05) is 35.6 Å². The average molecular weight is 504 g/mol. The van der Waals surface area contributed by atoms with Crippen LogP contribution in [0, 0.1) is 5.82 Å². The summed E-state index contributed by atoms with van der Waals surface area (Å²) < 4.78 is 26.5. The fourth-order valence-electron chi connectivity index (χ4n) is 3.75. The number of nitrogens with zero attached hydrogens (tertiary/aromatic N) is 3. The maximum Gasteiger partial charge on any atom is 0.163 e. The van der Waals surface area contributed by atoms with E-state index in [1.807, 2.05) is 12.1 Å². The van der Waals surface area contributed by atoms with Gasteiger partial charge in [0.1, 0.15) is 18.0 Å². The summed E-state index contributed by atoms with van der Waals surface area (Å²) in [5, 5.41) is 7.19. The second kappa shape index (κ2) is 10.9. The number of anilines is 2. The molecule has 0 unspecified atom stereocenters. The number of ether oxygens (including phenoxy) is 2. The first-order valence-electron chi connectivity index (χ1n) is 10.7. The number of aromatic nitrogens is 2. The minimum absolute atomic E-state index is 0.330. The smallest absolute Gasteiger partial charge is 0.163 e. The molecule has 0 spiro atoms. The lowest BCUT2D eigenvalue weighted by atomic mass is 10.2. The van der Waals surface area contributed by atoms with Crippen LogP contribution in [-0.4, -0.2) is 61.3 Å². The van der Waals surface area contributed by atoms with Gasteiger partial charge in [-0.3, -0.25) is 0 Å². The summed E-state index contributed by atoms with van der Waals surface area (Å²) in [6.45, 7) is 5.93. The Hall–Kier alpha value is -2.49. The van der Waals surface area contributed by atoms with E-state index < -0.39 is 0 Å². The second-order valence-electron chi connectivity index (χ2n) is 7.64. The summed E-state index contributed by atoms with van der Waals surface area (Å²) in [5.41, 5.74) is 1.02. The Morgan fingerprint density at radius 1 is 1.16 bits per heavy atom. The van der Waals surface area contributed by atoms with Crippen molar-refractivity contribution in [3.8, 4) is 11.5 Å². The van der Waals surface area contributed by atoms with E-state index in [0.29, 0.717) is 39.6 Å². The highest BCUT2D eigenvalue weighted by Crippen LogP contribution is 2.35. The van der Waals surface area contributed by atoms with Gasteiger partial charge in [-0.05, 0) is 50.2 Å². The quantitative estimate of drug-likeness (QED) is 0.442. The maximum atomic E-state index is 14.3. The molecule has 0 radical (unpaired) electrons. The van der Waals surface area contributed by atoms with Gasteiger partial charge in [-0.1, -0.05) is 15.9 Å². The predicted octanol–water partition coefficient (Wildman–Crippen LogP) is 4.35. The lowest BCUT2D eigenvalue weighted by molar-refractivity contribution is 0.238. The van der Waals surface area contributed by atoms with Crippen molar-refractivity contribution in [1.29, 1.82) is 0 Å². The first kappa shape index (κ1) is 22.7. The number of methoxy groups -OCH3 is 1. The zero-order chi connectivity index (χ0) is 22.3. The van der Waals surface area contributed by atoms with Gasteiger partial charge in [-0.25, -0.2) is 14.4 Å². The van der Waals surface area contributed by atoms with E-state index in [1.54, 1.807) is 19.2 Å². The summed E-state index contributed by atoms with van der Waals surface area (Å²) >= 11 is 3.27. The molecule has 1 aliphatic rings. The maximum absolute atomic E-state index is 14.3. The first-order chi connectivity index (χ1) is 15.6. The first-order valence-corrected chi connectivity index (χ1v) is 11.5. The molecule has 1 fully saturated rings. The number of hydrogen-bond acceptors (Lipinski definition) is 7. The molecule has 170 valence electrons. The molecule has 9 heteroatoms. The molecule has 2 aromatic carbocycles. The minimum Gasteiger partial charge on any atom is -0.493 e. The topological polar surface area (TPSA) is 71.5 Å². The van der Waals surface area contributed by atoms with Crippen LogP contribution in [0.4, 0.5) is 15.9 Å². The molecule has 2 N–H and O–H groups in total. The average Bonchev–Trinajstić information content (AvgIpc) is 3.07. The lowest BCUT2D eigenvalue weighted by Crippen LogP contribution is -2.29. The van der Waals surface area contributed by atoms with E-state index in [0.717, 1.165) is 44.5 Å². The molecular weight excluding hydrogens is 477 g/mol. The summed E-state index contributed by atoms with van der Waals surface area (Å²) in [6.07, 6.45) is 3.56. The largest absolute Gasteiger partial charge is 0.493 e. The van der Waals surface area contributed by atoms with Crippen molar-refractivity contribution in [1.82, 2.24) is 20.2 Å². The number of benzene rings is 2. The zero-order valence-electron chi connectivity index (χ0n) is 18.0. The summed E-state index contributed by atoms with van der Waals surface area (Å²) in [5.74, 6) is 1.34. The molecule has 1 aliphatic heterocycles. The van der Waals surface area contributed by atoms with Crippen molar-refractivity contribution in [3.05, 3.63) is 46.9 Å². The molecule has 0 saturated carbocycles. The third-order valence-electron chi connectivity index (χ3n) is 5.41. The van der Waals surface area contributed by atoms with Gasteiger partial charge in [-0.15, -0.1) is 0 Å². The normalized spacial score (nSPS) is 14.8. The van der Waals surface area contributed by atoms with Gasteiger partial charge in [0.25, 0.3) is 0 Å². The Bertz CT molecular complexity index is 1060. The van der Waals surface area contributed by atoms with Crippen molar-refractivity contribution in [2.75, 3.05) is 51.8 Å². The highest BCUT2D eigenvalue weighted by Gasteiger charge is 2.14. The Balaban J connectivity index is 1.47. The van der Waals surface area contributed by atoms with Gasteiger partial charge in [0.05, 0.1) is 24.9 Å². The minimum atomic E-state index is -0.377. The van der Waals surface area contributed by atoms with Crippen molar-refractivity contribution in [2.24, 2.45) is 0 Å². The molecular formula is C23H27BrFN5O2. The monoisotopic (exact) mass is 503 g/mol. The fraction of sp³-hybridized carbons (Fsp3) is 0.391. The van der Waals surface area contributed by atoms with Gasteiger partial charge in [0.2, 0.25) is 0 Å². The summed E-state index contributed by atoms with van der Waals surface area (Å²) in [4.78, 5) is 11.1. The Labute approximate surface area is 195 Å². The molecule has 0 bridgehead atoms. The number of nitrogens with one attached hydrogen (secondary N) is 2. The van der Waals surface area contributed by atoms with Crippen LogP contribution in [0.2, 0.25) is 0 Å². The van der Waals surface area contributed by atoms with Crippen LogP contribution in [0.1, 0.15) is 12.8 Å². The van der Waals surface area contributed by atoms with E-state index in [1.165, 1.54) is 18.8 Å². The molecule has 7 nitrogen and oxygen atoms in total. The van der Waals surface area contributed by atoms with Crippen LogP contribution in [0.15, 0.2) is 41.1 Å². The lowest BCUT2D eigenvalue weighted by Gasteiger charge is -2.19. The van der Waals surface area contributed by atoms with Crippen molar-refractivity contribution >= 4 is 38.3 Å². The van der Waals surface area contributed by atoms with Crippen molar-refractivity contribution in [2.45, 2.75) is 12.8 Å². The van der Waals surface area contributed by atoms with Crippen LogP contribution in [0.3, 0.4) is 0 Å². The van der Waals surface area contributed by atoms with Crippen LogP contribution < -0.4 is 20.1 Å². The zero-order valence-corrected chi connectivity index (χ0v) is 19.6. The van der Waals surface area contributed by atoms with Crippen molar-refractivity contribution in [3.63, 3.8) is 0 Å². The van der Waals surface area contributed by atoms with Gasteiger partial charge in [0.15, 0.2) is 11.5 Å². The standard InChI is InChI=1S/C23H27BrFN5O2/c1-31-21-13-17-20(14-22(21)32-11-3-9-30-8-2-6-26-7-10-30)27-15-28-23(17)29-19-5-4-16(24)12-18(19)25/h4-5,12-15,26H,2-3,6-11H2,1H3,(H,27,28,29). The van der Waals surface area contributed by atoms with Crippen LogP contribution in [-0.2, 0) is 0 Å². The van der Waals surface area contributed by atoms with Crippen LogP contribution in [0.5, 0.6) is 11.5 Å². The second-order valence-corrected chi connectivity index (χ2v) is 8.55.